The second-order valence-corrected chi connectivity index (χ2v) is 5.78. The standard InChI is InChI=1S/C15H22N6O2/c1-11-6-16-14(18-11)9-20-3-4-21-13(8-20)5-12(19-21)7-17-15(22)10-23-2/h5-6H,3-4,7-10H2,1-2H3,(H,16,18)(H,17,22). The molecule has 23 heavy (non-hydrogen) atoms. The molecule has 0 spiro atoms. The minimum absolute atomic E-state index is 0.0733. The Kier molecular flexibility index (Phi) is 4.73. The van der Waals surface area contributed by atoms with E-state index in [0.29, 0.717) is 6.54 Å². The van der Waals surface area contributed by atoms with Crippen LogP contribution in [0.5, 0.6) is 0 Å². The van der Waals surface area contributed by atoms with Crippen molar-refractivity contribution in [2.45, 2.75) is 33.1 Å². The first-order chi connectivity index (χ1) is 11.1. The molecule has 8 heteroatoms. The Hall–Kier alpha value is -2.19. The maximum Gasteiger partial charge on any atom is 0.246 e. The molecule has 2 aromatic heterocycles. The number of carbonyl (C=O) groups is 1. The number of hydrogen-bond donors (Lipinski definition) is 2. The Bertz CT molecular complexity index is 677. The fraction of sp³-hybridized carbons (Fsp3) is 0.533. The van der Waals surface area contributed by atoms with Gasteiger partial charge in [-0.1, -0.05) is 0 Å². The number of amides is 1. The average Bonchev–Trinajstić information content (AvgIpc) is 3.11. The second kappa shape index (κ2) is 6.93. The van der Waals surface area contributed by atoms with Crippen LogP contribution in [0.1, 0.15) is 22.9 Å². The van der Waals surface area contributed by atoms with Gasteiger partial charge in [0.2, 0.25) is 5.91 Å². The number of fused-ring (bicyclic) bond motifs is 1. The average molecular weight is 318 g/mol. The molecule has 0 atom stereocenters. The van der Waals surface area contributed by atoms with E-state index in [4.69, 9.17) is 4.74 Å². The summed E-state index contributed by atoms with van der Waals surface area (Å²) in [6.07, 6.45) is 1.85. The van der Waals surface area contributed by atoms with Crippen LogP contribution in [0, 0.1) is 6.92 Å². The lowest BCUT2D eigenvalue weighted by Crippen LogP contribution is -2.33. The summed E-state index contributed by atoms with van der Waals surface area (Å²) < 4.78 is 6.81. The first-order valence-electron chi connectivity index (χ1n) is 7.68. The van der Waals surface area contributed by atoms with E-state index < -0.39 is 0 Å². The predicted octanol–water partition coefficient (Wildman–Crippen LogP) is 0.193. The molecule has 2 aromatic rings. The minimum Gasteiger partial charge on any atom is -0.375 e. The Morgan fingerprint density at radius 3 is 3.09 bits per heavy atom. The highest BCUT2D eigenvalue weighted by Crippen LogP contribution is 2.15. The van der Waals surface area contributed by atoms with E-state index >= 15 is 0 Å². The summed E-state index contributed by atoms with van der Waals surface area (Å²) in [5.74, 6) is 0.857. The number of imidazole rings is 1. The van der Waals surface area contributed by atoms with Crippen LogP contribution in [0.4, 0.5) is 0 Å². The number of nitrogens with one attached hydrogen (secondary N) is 2. The Balaban J connectivity index is 1.57. The third-order valence-electron chi connectivity index (χ3n) is 3.80. The Morgan fingerprint density at radius 1 is 1.48 bits per heavy atom. The van der Waals surface area contributed by atoms with E-state index in [1.54, 1.807) is 0 Å². The van der Waals surface area contributed by atoms with Crippen LogP contribution >= 0.6 is 0 Å². The zero-order chi connectivity index (χ0) is 16.2. The zero-order valence-electron chi connectivity index (χ0n) is 13.5. The molecule has 0 aliphatic carbocycles. The lowest BCUT2D eigenvalue weighted by molar-refractivity contribution is -0.124. The van der Waals surface area contributed by atoms with Gasteiger partial charge in [0, 0.05) is 32.1 Å². The van der Waals surface area contributed by atoms with Crippen LogP contribution in [-0.2, 0) is 35.7 Å². The van der Waals surface area contributed by atoms with Crippen LogP contribution in [-0.4, -0.2) is 50.8 Å². The third kappa shape index (κ3) is 3.96. The van der Waals surface area contributed by atoms with Crippen molar-refractivity contribution < 1.29 is 9.53 Å². The van der Waals surface area contributed by atoms with Gasteiger partial charge in [-0.3, -0.25) is 14.4 Å². The summed E-state index contributed by atoms with van der Waals surface area (Å²) in [7, 11) is 1.50. The van der Waals surface area contributed by atoms with Crippen LogP contribution < -0.4 is 5.32 Å². The molecule has 0 unspecified atom stereocenters. The zero-order valence-corrected chi connectivity index (χ0v) is 13.5. The van der Waals surface area contributed by atoms with Crippen molar-refractivity contribution in [2.24, 2.45) is 0 Å². The highest BCUT2D eigenvalue weighted by molar-refractivity contribution is 5.77. The number of nitrogens with zero attached hydrogens (tertiary/aromatic N) is 4. The Labute approximate surface area is 134 Å². The van der Waals surface area contributed by atoms with Gasteiger partial charge < -0.3 is 15.0 Å². The largest absolute Gasteiger partial charge is 0.375 e. The van der Waals surface area contributed by atoms with E-state index in [1.807, 2.05) is 23.9 Å². The first kappa shape index (κ1) is 15.7. The van der Waals surface area contributed by atoms with E-state index in [1.165, 1.54) is 7.11 Å². The fourth-order valence-corrected chi connectivity index (χ4v) is 2.73. The number of aromatic nitrogens is 4. The van der Waals surface area contributed by atoms with Gasteiger partial charge in [0.15, 0.2) is 0 Å². The van der Waals surface area contributed by atoms with Gasteiger partial charge in [-0.05, 0) is 13.0 Å². The first-order valence-corrected chi connectivity index (χ1v) is 7.68. The maximum atomic E-state index is 11.4. The lowest BCUT2D eigenvalue weighted by atomic mass is 10.2. The van der Waals surface area contributed by atoms with Crippen LogP contribution in [0.2, 0.25) is 0 Å². The number of aromatic amines is 1. The molecule has 0 fully saturated rings. The topological polar surface area (TPSA) is 88.1 Å². The normalized spacial score (nSPS) is 14.7. The van der Waals surface area contributed by atoms with Crippen molar-refractivity contribution in [3.63, 3.8) is 0 Å². The monoisotopic (exact) mass is 318 g/mol. The molecular formula is C15H22N6O2. The molecule has 1 amide bonds. The summed E-state index contributed by atoms with van der Waals surface area (Å²) in [6, 6.07) is 2.05. The summed E-state index contributed by atoms with van der Waals surface area (Å²) in [4.78, 5) is 21.4. The van der Waals surface area contributed by atoms with Crippen LogP contribution in [0.3, 0.4) is 0 Å². The van der Waals surface area contributed by atoms with E-state index in [-0.39, 0.29) is 12.5 Å². The van der Waals surface area contributed by atoms with Gasteiger partial charge in [0.25, 0.3) is 0 Å². The molecule has 0 radical (unpaired) electrons. The molecule has 0 bridgehead atoms. The molecular weight excluding hydrogens is 296 g/mol. The molecule has 1 aliphatic rings. The van der Waals surface area contributed by atoms with Crippen molar-refractivity contribution in [3.05, 3.63) is 35.2 Å². The quantitative estimate of drug-likeness (QED) is 0.794. The molecule has 3 heterocycles. The Morgan fingerprint density at radius 2 is 2.35 bits per heavy atom. The fourth-order valence-electron chi connectivity index (χ4n) is 2.73. The molecule has 1 aliphatic heterocycles. The molecule has 0 aromatic carbocycles. The molecule has 124 valence electrons. The van der Waals surface area contributed by atoms with Crippen molar-refractivity contribution >= 4 is 5.91 Å². The number of carbonyl (C=O) groups excluding carboxylic acids is 1. The maximum absolute atomic E-state index is 11.4. The second-order valence-electron chi connectivity index (χ2n) is 5.78. The molecule has 3 rings (SSSR count). The van der Waals surface area contributed by atoms with E-state index in [9.17, 15) is 4.79 Å². The molecule has 8 nitrogen and oxygen atoms in total. The van der Waals surface area contributed by atoms with Crippen molar-refractivity contribution in [3.8, 4) is 0 Å². The van der Waals surface area contributed by atoms with Gasteiger partial charge >= 0.3 is 0 Å². The third-order valence-corrected chi connectivity index (χ3v) is 3.80. The number of methoxy groups -OCH3 is 1. The SMILES string of the molecule is COCC(=O)NCc1cc2n(n1)CCN(Cc1ncc(C)[nH]1)C2. The molecule has 0 saturated carbocycles. The highest BCUT2D eigenvalue weighted by atomic mass is 16.5. The number of rotatable bonds is 6. The van der Waals surface area contributed by atoms with Crippen LogP contribution in [0.25, 0.3) is 0 Å². The van der Waals surface area contributed by atoms with Gasteiger partial charge in [0.05, 0.1) is 31.0 Å². The summed E-state index contributed by atoms with van der Waals surface area (Å²) in [6.45, 7) is 5.93. The van der Waals surface area contributed by atoms with Crippen molar-refractivity contribution in [1.82, 2.24) is 30.0 Å². The van der Waals surface area contributed by atoms with Gasteiger partial charge in [0.1, 0.15) is 12.4 Å². The van der Waals surface area contributed by atoms with Gasteiger partial charge in [-0.15, -0.1) is 0 Å². The lowest BCUT2D eigenvalue weighted by Gasteiger charge is -2.26. The summed E-state index contributed by atoms with van der Waals surface area (Å²) in [5.41, 5.74) is 3.12. The van der Waals surface area contributed by atoms with E-state index in [0.717, 1.165) is 49.1 Å². The minimum atomic E-state index is -0.131. The number of hydrogen-bond acceptors (Lipinski definition) is 5. The summed E-state index contributed by atoms with van der Waals surface area (Å²) in [5, 5.41) is 7.33. The highest BCUT2D eigenvalue weighted by Gasteiger charge is 2.19. The predicted molar refractivity (Wildman–Crippen MR) is 83.4 cm³/mol. The smallest absolute Gasteiger partial charge is 0.246 e. The van der Waals surface area contributed by atoms with Gasteiger partial charge in [-0.2, -0.15) is 5.10 Å². The van der Waals surface area contributed by atoms with Crippen LogP contribution in [0.15, 0.2) is 12.3 Å². The van der Waals surface area contributed by atoms with Gasteiger partial charge in [-0.25, -0.2) is 4.98 Å². The number of ether oxygens (including phenoxy) is 1. The van der Waals surface area contributed by atoms with Crippen molar-refractivity contribution in [1.29, 1.82) is 0 Å². The van der Waals surface area contributed by atoms with E-state index in [2.05, 4.69) is 25.3 Å². The summed E-state index contributed by atoms with van der Waals surface area (Å²) >= 11 is 0. The molecule has 0 saturated heterocycles. The number of H-pyrrole nitrogens is 1. The molecule has 2 N–H and O–H groups in total. The van der Waals surface area contributed by atoms with Crippen molar-refractivity contribution in [2.75, 3.05) is 20.3 Å². The number of aryl methyl sites for hydroxylation is 1.